The average molecular weight is 338 g/mol. The normalized spacial score (nSPS) is 8.26. The van der Waals surface area contributed by atoms with E-state index in [0.29, 0.717) is 0 Å². The van der Waals surface area contributed by atoms with Gasteiger partial charge in [-0.05, 0) is 26.8 Å². The van der Waals surface area contributed by atoms with Gasteiger partial charge in [-0.3, -0.25) is 4.79 Å². The summed E-state index contributed by atoms with van der Waals surface area (Å²) >= 11 is 0. The van der Waals surface area contributed by atoms with Crippen molar-refractivity contribution < 1.29 is 14.6 Å². The standard InChI is InChI=1S/C9H21N.C3H6.C2H6O.2C2H6.CH2O2/c1-4-6-8-9(10-3)7-5-2;2*1-3-2;2*1-2;2-1-3/h9-10H,4-8H2,1-3H3;3H,1H2,2H3;1-2H3;2*1-2H3;1H,(H,2,3). The summed E-state index contributed by atoms with van der Waals surface area (Å²) in [5.41, 5.74) is 0. The van der Waals surface area contributed by atoms with Crippen molar-refractivity contribution in [1.82, 2.24) is 5.32 Å². The largest absolute Gasteiger partial charge is 0.483 e. The van der Waals surface area contributed by atoms with E-state index in [9.17, 15) is 0 Å². The maximum absolute atomic E-state index is 8.36. The second-order valence-electron chi connectivity index (χ2n) is 3.84. The molecule has 4 nitrogen and oxygen atoms in total. The number of hydrogen-bond donors (Lipinski definition) is 2. The van der Waals surface area contributed by atoms with Crippen LogP contribution in [0.1, 0.15) is 80.6 Å². The molecule has 0 aromatic heterocycles. The minimum atomic E-state index is -0.250. The molecule has 0 amide bonds. The van der Waals surface area contributed by atoms with E-state index in [1.165, 1.54) is 32.1 Å². The first kappa shape index (κ1) is 38.0. The lowest BCUT2D eigenvalue weighted by Crippen LogP contribution is -2.24. The summed E-state index contributed by atoms with van der Waals surface area (Å²) in [6.45, 7) is 17.5. The lowest BCUT2D eigenvalue weighted by atomic mass is 10.1. The first-order valence-electron chi connectivity index (χ1n) is 8.82. The fourth-order valence-corrected chi connectivity index (χ4v) is 1.23. The monoisotopic (exact) mass is 337 g/mol. The van der Waals surface area contributed by atoms with Crippen LogP contribution in [-0.4, -0.2) is 38.9 Å². The summed E-state index contributed by atoms with van der Waals surface area (Å²) in [5.74, 6) is 0. The van der Waals surface area contributed by atoms with Gasteiger partial charge in [-0.25, -0.2) is 0 Å². The summed E-state index contributed by atoms with van der Waals surface area (Å²) in [6.07, 6.45) is 8.42. The molecule has 0 aliphatic carbocycles. The lowest BCUT2D eigenvalue weighted by molar-refractivity contribution is -0.122. The van der Waals surface area contributed by atoms with E-state index in [2.05, 4.69) is 37.5 Å². The number of nitrogens with one attached hydrogen (secondary N) is 1. The molecule has 4 heteroatoms. The molecule has 0 radical (unpaired) electrons. The Morgan fingerprint density at radius 1 is 1.09 bits per heavy atom. The van der Waals surface area contributed by atoms with Gasteiger partial charge in [0.1, 0.15) is 0 Å². The van der Waals surface area contributed by atoms with E-state index in [4.69, 9.17) is 9.90 Å². The lowest BCUT2D eigenvalue weighted by Gasteiger charge is -2.13. The highest BCUT2D eigenvalue weighted by Gasteiger charge is 2.01. The van der Waals surface area contributed by atoms with Crippen molar-refractivity contribution in [3.63, 3.8) is 0 Å². The molecular weight excluding hydrogens is 290 g/mol. The van der Waals surface area contributed by atoms with E-state index in [1.807, 2.05) is 34.6 Å². The molecule has 0 saturated heterocycles. The zero-order valence-corrected chi connectivity index (χ0v) is 17.7. The molecule has 0 saturated carbocycles. The maximum Gasteiger partial charge on any atom is 0.290 e. The Kier molecular flexibility index (Phi) is 114. The van der Waals surface area contributed by atoms with Crippen LogP contribution >= 0.6 is 0 Å². The fraction of sp³-hybridized carbons (Fsp3) is 0.842. The van der Waals surface area contributed by atoms with E-state index >= 15 is 0 Å². The van der Waals surface area contributed by atoms with Crippen LogP contribution in [-0.2, 0) is 9.53 Å². The number of hydrogen-bond acceptors (Lipinski definition) is 3. The van der Waals surface area contributed by atoms with Crippen LogP contribution in [0.15, 0.2) is 12.7 Å². The number of allylic oxidation sites excluding steroid dienone is 1. The Labute approximate surface area is 147 Å². The molecular formula is C19H47NO3. The van der Waals surface area contributed by atoms with Crippen LogP contribution in [0.3, 0.4) is 0 Å². The summed E-state index contributed by atoms with van der Waals surface area (Å²) in [4.78, 5) is 8.36. The first-order chi connectivity index (χ1) is 11.1. The molecule has 0 heterocycles. The second kappa shape index (κ2) is 69.1. The van der Waals surface area contributed by atoms with Crippen LogP contribution in [0.4, 0.5) is 0 Å². The van der Waals surface area contributed by atoms with Crippen molar-refractivity contribution in [1.29, 1.82) is 0 Å². The number of carboxylic acid groups (broad SMARTS) is 1. The Morgan fingerprint density at radius 3 is 1.57 bits per heavy atom. The number of ether oxygens (including phenoxy) is 1. The zero-order chi connectivity index (χ0) is 19.9. The molecule has 2 N–H and O–H groups in total. The molecule has 0 aromatic carbocycles. The third-order valence-electron chi connectivity index (χ3n) is 1.95. The van der Waals surface area contributed by atoms with Gasteiger partial charge in [0.05, 0.1) is 0 Å². The van der Waals surface area contributed by atoms with Gasteiger partial charge < -0.3 is 15.2 Å². The Hall–Kier alpha value is -0.870. The predicted molar refractivity (Wildman–Crippen MR) is 107 cm³/mol. The second-order valence-corrected chi connectivity index (χ2v) is 3.84. The SMILES string of the molecule is C=CC.CC.CC.CCCCC(CCC)NC.COC.O=CO. The molecule has 23 heavy (non-hydrogen) atoms. The highest BCUT2D eigenvalue weighted by atomic mass is 16.4. The van der Waals surface area contributed by atoms with Crippen LogP contribution in [0.2, 0.25) is 0 Å². The van der Waals surface area contributed by atoms with E-state index in [0.717, 1.165) is 6.04 Å². The van der Waals surface area contributed by atoms with Gasteiger partial charge in [-0.15, -0.1) is 6.58 Å². The molecule has 0 aromatic rings. The molecule has 1 atom stereocenters. The van der Waals surface area contributed by atoms with Crippen LogP contribution in [0.25, 0.3) is 0 Å². The van der Waals surface area contributed by atoms with Crippen molar-refractivity contribution in [2.24, 2.45) is 0 Å². The van der Waals surface area contributed by atoms with Gasteiger partial charge in [0.15, 0.2) is 0 Å². The van der Waals surface area contributed by atoms with Crippen molar-refractivity contribution in [2.75, 3.05) is 21.3 Å². The van der Waals surface area contributed by atoms with Crippen molar-refractivity contribution in [3.05, 3.63) is 12.7 Å². The van der Waals surface area contributed by atoms with Gasteiger partial charge in [0, 0.05) is 20.3 Å². The van der Waals surface area contributed by atoms with Gasteiger partial charge >= 0.3 is 0 Å². The maximum atomic E-state index is 8.36. The molecule has 0 rings (SSSR count). The highest BCUT2D eigenvalue weighted by Crippen LogP contribution is 2.05. The Morgan fingerprint density at radius 2 is 1.39 bits per heavy atom. The smallest absolute Gasteiger partial charge is 0.290 e. The summed E-state index contributed by atoms with van der Waals surface area (Å²) in [5, 5.41) is 10.2. The molecule has 0 aliphatic heterocycles. The molecule has 0 fully saturated rings. The first-order valence-corrected chi connectivity index (χ1v) is 8.82. The van der Waals surface area contributed by atoms with E-state index in [-0.39, 0.29) is 6.47 Å². The van der Waals surface area contributed by atoms with Crippen molar-refractivity contribution >= 4 is 6.47 Å². The average Bonchev–Trinajstić information content (AvgIpc) is 2.57. The third kappa shape index (κ3) is 117. The molecule has 1 unspecified atom stereocenters. The molecule has 0 spiro atoms. The fourth-order valence-electron chi connectivity index (χ4n) is 1.23. The summed E-state index contributed by atoms with van der Waals surface area (Å²) < 4.78 is 4.25. The Balaban J connectivity index is -0.0000000462. The molecule has 0 aliphatic rings. The number of carbonyl (C=O) groups is 1. The third-order valence-corrected chi connectivity index (χ3v) is 1.95. The van der Waals surface area contributed by atoms with E-state index in [1.54, 1.807) is 20.3 Å². The summed E-state index contributed by atoms with van der Waals surface area (Å²) in [7, 11) is 5.32. The minimum Gasteiger partial charge on any atom is -0.483 e. The van der Waals surface area contributed by atoms with Crippen LogP contribution in [0.5, 0.6) is 0 Å². The van der Waals surface area contributed by atoms with Gasteiger partial charge in [-0.1, -0.05) is 66.9 Å². The predicted octanol–water partition coefficient (Wildman–Crippen LogP) is 5.77. The van der Waals surface area contributed by atoms with Gasteiger partial charge in [0.2, 0.25) is 0 Å². The Bertz CT molecular complexity index is 137. The highest BCUT2D eigenvalue weighted by molar-refractivity contribution is 5.32. The number of methoxy groups -OCH3 is 1. The number of rotatable bonds is 6. The van der Waals surface area contributed by atoms with Crippen molar-refractivity contribution in [3.8, 4) is 0 Å². The minimum absolute atomic E-state index is 0.250. The zero-order valence-electron chi connectivity index (χ0n) is 17.7. The quantitative estimate of drug-likeness (QED) is 0.477. The molecule has 146 valence electrons. The van der Waals surface area contributed by atoms with E-state index < -0.39 is 0 Å². The van der Waals surface area contributed by atoms with Crippen molar-refractivity contribution in [2.45, 2.75) is 86.6 Å². The van der Waals surface area contributed by atoms with Gasteiger partial charge in [-0.2, -0.15) is 0 Å². The topological polar surface area (TPSA) is 58.6 Å². The van der Waals surface area contributed by atoms with Crippen LogP contribution < -0.4 is 5.32 Å². The molecule has 0 bridgehead atoms. The van der Waals surface area contributed by atoms with Crippen LogP contribution in [0, 0.1) is 0 Å². The summed E-state index contributed by atoms with van der Waals surface area (Å²) in [6, 6.07) is 0.768. The van der Waals surface area contributed by atoms with Gasteiger partial charge in [0.25, 0.3) is 6.47 Å². The number of unbranched alkanes of at least 4 members (excludes halogenated alkanes) is 1.